The summed E-state index contributed by atoms with van der Waals surface area (Å²) in [4.78, 5) is 6.62. The minimum Gasteiger partial charge on any atom is -0.360 e. The fourth-order valence-electron chi connectivity index (χ4n) is 3.21. The highest BCUT2D eigenvalue weighted by atomic mass is 15.2. The maximum atomic E-state index is 6.19. The second-order valence-corrected chi connectivity index (χ2v) is 4.97. The highest BCUT2D eigenvalue weighted by Gasteiger charge is 2.43. The molecular formula is C11H20BN3. The molecule has 15 heavy (non-hydrogen) atoms. The van der Waals surface area contributed by atoms with Gasteiger partial charge in [0.05, 0.1) is 13.7 Å². The van der Waals surface area contributed by atoms with Gasteiger partial charge in [-0.15, -0.1) is 0 Å². The van der Waals surface area contributed by atoms with E-state index in [0.717, 1.165) is 25.7 Å². The molecule has 82 valence electrons. The standard InChI is InChI=1S/C11H20BN3/c1-14-10-6-5-8-9(15(10)2)4-3-7-11(8,12)13/h8-9H,3-7,13H2,1-2H3. The Morgan fingerprint density at radius 1 is 1.53 bits per heavy atom. The summed E-state index contributed by atoms with van der Waals surface area (Å²) in [5.74, 6) is 1.63. The first-order chi connectivity index (χ1) is 7.06. The van der Waals surface area contributed by atoms with Gasteiger partial charge in [0.15, 0.2) is 0 Å². The van der Waals surface area contributed by atoms with Crippen molar-refractivity contribution in [2.24, 2.45) is 16.6 Å². The molecule has 1 heterocycles. The predicted molar refractivity (Wildman–Crippen MR) is 64.2 cm³/mol. The lowest BCUT2D eigenvalue weighted by atomic mass is 9.57. The van der Waals surface area contributed by atoms with Gasteiger partial charge in [0, 0.05) is 26.6 Å². The lowest BCUT2D eigenvalue weighted by Crippen LogP contribution is -2.61. The fourth-order valence-corrected chi connectivity index (χ4v) is 3.21. The first kappa shape index (κ1) is 11.0. The molecule has 2 aliphatic rings. The number of fused-ring (bicyclic) bond motifs is 1. The summed E-state index contributed by atoms with van der Waals surface area (Å²) in [6, 6.07) is 0.501. The van der Waals surface area contributed by atoms with Crippen molar-refractivity contribution in [3.63, 3.8) is 0 Å². The number of hydrogen-bond donors (Lipinski definition) is 1. The zero-order chi connectivity index (χ0) is 11.1. The van der Waals surface area contributed by atoms with E-state index in [1.807, 2.05) is 7.05 Å². The molecule has 0 bridgehead atoms. The summed E-state index contributed by atoms with van der Waals surface area (Å²) >= 11 is 0. The number of aliphatic imine (C=N–C) groups is 1. The Kier molecular flexibility index (Phi) is 2.80. The highest BCUT2D eigenvalue weighted by molar-refractivity contribution is 6.15. The van der Waals surface area contributed by atoms with Gasteiger partial charge in [-0.25, -0.2) is 0 Å². The van der Waals surface area contributed by atoms with Crippen LogP contribution in [0.5, 0.6) is 0 Å². The fraction of sp³-hybridized carbons (Fsp3) is 0.909. The summed E-state index contributed by atoms with van der Waals surface area (Å²) in [5, 5.41) is 0. The third-order valence-corrected chi connectivity index (χ3v) is 4.11. The van der Waals surface area contributed by atoms with Crippen LogP contribution in [-0.4, -0.2) is 44.2 Å². The first-order valence-corrected chi connectivity index (χ1v) is 5.82. The molecule has 0 amide bonds. The number of hydrogen-bond acceptors (Lipinski definition) is 2. The molecule has 2 N–H and O–H groups in total. The molecule has 1 aliphatic carbocycles. The monoisotopic (exact) mass is 205 g/mol. The maximum Gasteiger partial charge on any atom is 0.0985 e. The predicted octanol–water partition coefficient (Wildman–Crippen LogP) is 0.732. The Labute approximate surface area is 93.5 Å². The summed E-state index contributed by atoms with van der Waals surface area (Å²) in [6.45, 7) is 0. The Morgan fingerprint density at radius 3 is 2.93 bits per heavy atom. The number of likely N-dealkylation sites (tertiary alicyclic amines) is 1. The minimum atomic E-state index is -0.462. The van der Waals surface area contributed by atoms with Crippen molar-refractivity contribution in [3.8, 4) is 0 Å². The van der Waals surface area contributed by atoms with Crippen molar-refractivity contribution >= 4 is 13.7 Å². The summed E-state index contributed by atoms with van der Waals surface area (Å²) < 4.78 is 0. The van der Waals surface area contributed by atoms with E-state index in [1.54, 1.807) is 0 Å². The highest BCUT2D eigenvalue weighted by Crippen LogP contribution is 2.38. The van der Waals surface area contributed by atoms with Crippen LogP contribution in [0.15, 0.2) is 4.99 Å². The van der Waals surface area contributed by atoms with E-state index in [1.165, 1.54) is 12.3 Å². The minimum absolute atomic E-state index is 0.432. The van der Waals surface area contributed by atoms with Crippen LogP contribution < -0.4 is 5.73 Å². The van der Waals surface area contributed by atoms with Crippen LogP contribution in [0.4, 0.5) is 0 Å². The summed E-state index contributed by atoms with van der Waals surface area (Å²) in [5.41, 5.74) is 5.73. The van der Waals surface area contributed by atoms with E-state index >= 15 is 0 Å². The van der Waals surface area contributed by atoms with Gasteiger partial charge >= 0.3 is 0 Å². The average molecular weight is 205 g/mol. The molecule has 0 aromatic heterocycles. The van der Waals surface area contributed by atoms with Gasteiger partial charge in [-0.1, -0.05) is 6.42 Å². The van der Waals surface area contributed by atoms with Crippen LogP contribution in [-0.2, 0) is 0 Å². The van der Waals surface area contributed by atoms with Crippen LogP contribution in [0.3, 0.4) is 0 Å². The molecule has 0 aromatic rings. The van der Waals surface area contributed by atoms with E-state index in [-0.39, 0.29) is 0 Å². The van der Waals surface area contributed by atoms with Crippen molar-refractivity contribution in [2.45, 2.75) is 43.6 Å². The zero-order valence-electron chi connectivity index (χ0n) is 9.74. The molecule has 3 atom stereocenters. The molecule has 1 aliphatic heterocycles. The third kappa shape index (κ3) is 1.80. The molecule has 2 rings (SSSR count). The SMILES string of the molecule is [B]C1(N)CCCC2C1CCC(=NC)N2C. The lowest BCUT2D eigenvalue weighted by Gasteiger charge is -2.51. The molecule has 1 saturated carbocycles. The van der Waals surface area contributed by atoms with Crippen LogP contribution in [0.25, 0.3) is 0 Å². The number of amidine groups is 1. The molecule has 2 radical (unpaired) electrons. The second kappa shape index (κ2) is 3.82. The molecule has 2 fully saturated rings. The van der Waals surface area contributed by atoms with Gasteiger partial charge in [-0.05, 0) is 30.6 Å². The first-order valence-electron chi connectivity index (χ1n) is 5.82. The molecule has 1 saturated heterocycles. The van der Waals surface area contributed by atoms with Gasteiger partial charge in [0.2, 0.25) is 0 Å². The van der Waals surface area contributed by atoms with Crippen molar-refractivity contribution < 1.29 is 0 Å². The third-order valence-electron chi connectivity index (χ3n) is 4.11. The van der Waals surface area contributed by atoms with Gasteiger partial charge in [-0.2, -0.15) is 0 Å². The normalized spacial score (nSPS) is 44.2. The zero-order valence-corrected chi connectivity index (χ0v) is 9.74. The van der Waals surface area contributed by atoms with Crippen molar-refractivity contribution in [1.82, 2.24) is 4.90 Å². The maximum absolute atomic E-state index is 6.19. The molecular weight excluding hydrogens is 185 g/mol. The smallest absolute Gasteiger partial charge is 0.0985 e. The molecule has 0 aromatic carbocycles. The van der Waals surface area contributed by atoms with Crippen LogP contribution in [0.1, 0.15) is 32.1 Å². The molecule has 3 nitrogen and oxygen atoms in total. The second-order valence-electron chi connectivity index (χ2n) is 4.97. The topological polar surface area (TPSA) is 41.6 Å². The number of nitrogens with zero attached hydrogens (tertiary/aromatic N) is 2. The Morgan fingerprint density at radius 2 is 2.27 bits per heavy atom. The average Bonchev–Trinajstić information content (AvgIpc) is 2.19. The van der Waals surface area contributed by atoms with Crippen LogP contribution in [0.2, 0.25) is 0 Å². The summed E-state index contributed by atoms with van der Waals surface area (Å²) in [7, 11) is 10.2. The summed E-state index contributed by atoms with van der Waals surface area (Å²) in [6.07, 6.45) is 5.41. The number of piperidine rings is 1. The molecule has 4 heteroatoms. The largest absolute Gasteiger partial charge is 0.360 e. The van der Waals surface area contributed by atoms with E-state index in [9.17, 15) is 0 Å². The molecule has 3 unspecified atom stereocenters. The van der Waals surface area contributed by atoms with Crippen molar-refractivity contribution in [2.75, 3.05) is 14.1 Å². The van der Waals surface area contributed by atoms with Gasteiger partial charge < -0.3 is 10.6 Å². The lowest BCUT2D eigenvalue weighted by molar-refractivity contribution is 0.120. The molecule has 0 spiro atoms. The van der Waals surface area contributed by atoms with Crippen molar-refractivity contribution in [1.29, 1.82) is 0 Å². The Bertz CT molecular complexity index is 275. The van der Waals surface area contributed by atoms with Gasteiger partial charge in [-0.3, -0.25) is 4.99 Å². The Balaban J connectivity index is 2.20. The van der Waals surface area contributed by atoms with E-state index in [2.05, 4.69) is 16.9 Å². The number of nitrogens with two attached hydrogens (primary N) is 1. The van der Waals surface area contributed by atoms with E-state index in [0.29, 0.717) is 12.0 Å². The number of rotatable bonds is 0. The van der Waals surface area contributed by atoms with Crippen molar-refractivity contribution in [3.05, 3.63) is 0 Å². The quantitative estimate of drug-likeness (QED) is 0.592. The van der Waals surface area contributed by atoms with E-state index in [4.69, 9.17) is 13.6 Å². The van der Waals surface area contributed by atoms with Gasteiger partial charge in [0.25, 0.3) is 0 Å². The van der Waals surface area contributed by atoms with Crippen LogP contribution in [0, 0.1) is 5.92 Å². The Hall–Kier alpha value is -0.505. The van der Waals surface area contributed by atoms with E-state index < -0.39 is 5.44 Å². The van der Waals surface area contributed by atoms with Crippen LogP contribution >= 0.6 is 0 Å². The van der Waals surface area contributed by atoms with Gasteiger partial charge in [0.1, 0.15) is 0 Å².